The van der Waals surface area contributed by atoms with E-state index in [4.69, 9.17) is 0 Å². The lowest BCUT2D eigenvalue weighted by molar-refractivity contribution is -0.469. The van der Waals surface area contributed by atoms with Crippen LogP contribution >= 0.6 is 0 Å². The zero-order valence-electron chi connectivity index (χ0n) is 19.9. The van der Waals surface area contributed by atoms with Crippen molar-refractivity contribution in [2.45, 2.75) is 73.6 Å². The van der Waals surface area contributed by atoms with Crippen molar-refractivity contribution in [2.24, 2.45) is 5.41 Å². The molecule has 256 valence electrons. The minimum atomic E-state index is -9.44. The van der Waals surface area contributed by atoms with E-state index < -0.39 is 90.3 Å². The molecule has 4 nitrogen and oxygen atoms in total. The molecule has 0 aromatic heterocycles. The second-order valence-corrected chi connectivity index (χ2v) is 7.78. The Morgan fingerprint density at radius 3 is 0.791 bits per heavy atom. The Hall–Kier alpha value is -2.60. The normalized spacial score (nSPS) is 15.8. The molecular formula is C17H10F22O4. The highest BCUT2D eigenvalue weighted by molar-refractivity contribution is 6.03. The Balaban J connectivity index is 8.12. The van der Waals surface area contributed by atoms with Gasteiger partial charge in [0, 0.05) is 0 Å². The first-order valence-corrected chi connectivity index (χ1v) is 9.97. The van der Waals surface area contributed by atoms with Crippen molar-refractivity contribution in [1.82, 2.24) is 0 Å². The summed E-state index contributed by atoms with van der Waals surface area (Å²) >= 11 is 0. The molecule has 0 atom stereocenters. The van der Waals surface area contributed by atoms with Gasteiger partial charge in [-0.2, -0.15) is 96.6 Å². The summed E-state index contributed by atoms with van der Waals surface area (Å²) in [6.45, 7) is -3.19. The van der Waals surface area contributed by atoms with Crippen LogP contribution in [0.2, 0.25) is 0 Å². The van der Waals surface area contributed by atoms with Crippen molar-refractivity contribution in [3.63, 3.8) is 0 Å². The van der Waals surface area contributed by atoms with Gasteiger partial charge in [-0.05, 0) is 13.8 Å². The van der Waals surface area contributed by atoms with E-state index in [2.05, 4.69) is 9.47 Å². The summed E-state index contributed by atoms with van der Waals surface area (Å²) in [7, 11) is 0. The average Bonchev–Trinajstić information content (AvgIpc) is 2.77. The van der Waals surface area contributed by atoms with E-state index in [0.29, 0.717) is 0 Å². The first-order chi connectivity index (χ1) is 18.5. The average molecular weight is 696 g/mol. The third-order valence-electron chi connectivity index (χ3n) is 5.18. The standard InChI is InChI=1S/C17H10F22O4/c1-3-42-5(40)7(6(41)43-4-2,9(20,21)16(34,35)36)8(18,19)10(22,23)11(24,25)12(26,27)13(28,29)14(30,31)15(32,33)17(37,38)39/h3-4H2,1-2H3. The van der Waals surface area contributed by atoms with Crippen molar-refractivity contribution >= 4 is 11.9 Å². The van der Waals surface area contributed by atoms with Crippen molar-refractivity contribution in [3.05, 3.63) is 0 Å². The minimum absolute atomic E-state index is 0.238. The van der Waals surface area contributed by atoms with Gasteiger partial charge in [0.25, 0.3) is 0 Å². The Morgan fingerprint density at radius 2 is 0.581 bits per heavy atom. The molecule has 43 heavy (non-hydrogen) atoms. The summed E-state index contributed by atoms with van der Waals surface area (Å²) in [5.41, 5.74) is -7.71. The fourth-order valence-corrected chi connectivity index (χ4v) is 2.88. The van der Waals surface area contributed by atoms with E-state index in [0.717, 1.165) is 0 Å². The number of ether oxygens (including phenoxy) is 2. The maximum Gasteiger partial charge on any atom is 0.460 e. The molecular weight excluding hydrogens is 686 g/mol. The van der Waals surface area contributed by atoms with Crippen LogP contribution in [0.5, 0.6) is 0 Å². The summed E-state index contributed by atoms with van der Waals surface area (Å²) in [4.78, 5) is 23.8. The number of rotatable bonds is 12. The van der Waals surface area contributed by atoms with Gasteiger partial charge in [0.05, 0.1) is 13.2 Å². The first kappa shape index (κ1) is 40.4. The fraction of sp³-hybridized carbons (Fsp3) is 0.882. The highest BCUT2D eigenvalue weighted by Crippen LogP contribution is 2.68. The number of halogens is 22. The lowest BCUT2D eigenvalue weighted by atomic mass is 9.69. The highest BCUT2D eigenvalue weighted by atomic mass is 19.4. The van der Waals surface area contributed by atoms with Crippen LogP contribution < -0.4 is 0 Å². The van der Waals surface area contributed by atoms with Crippen molar-refractivity contribution in [2.75, 3.05) is 13.2 Å². The number of alkyl halides is 22. The van der Waals surface area contributed by atoms with Crippen molar-refractivity contribution < 1.29 is 116 Å². The maximum atomic E-state index is 14.9. The molecule has 0 rings (SSSR count). The topological polar surface area (TPSA) is 52.6 Å². The molecule has 0 unspecified atom stereocenters. The van der Waals surface area contributed by atoms with E-state index >= 15 is 0 Å². The number of carbonyl (C=O) groups is 2. The van der Waals surface area contributed by atoms with Crippen LogP contribution in [0, 0.1) is 5.41 Å². The summed E-state index contributed by atoms with van der Waals surface area (Å²) in [6.07, 6.45) is -16.1. The summed E-state index contributed by atoms with van der Waals surface area (Å²) < 4.78 is 305. The molecule has 0 heterocycles. The van der Waals surface area contributed by atoms with Crippen LogP contribution in [0.4, 0.5) is 96.6 Å². The van der Waals surface area contributed by atoms with Crippen molar-refractivity contribution in [3.8, 4) is 0 Å². The predicted molar refractivity (Wildman–Crippen MR) is 87.4 cm³/mol. The van der Waals surface area contributed by atoms with Gasteiger partial charge in [-0.3, -0.25) is 9.59 Å². The molecule has 0 radical (unpaired) electrons. The van der Waals surface area contributed by atoms with Gasteiger partial charge in [0.1, 0.15) is 0 Å². The molecule has 0 bridgehead atoms. The minimum Gasteiger partial charge on any atom is -0.465 e. The van der Waals surface area contributed by atoms with E-state index in [1.165, 1.54) is 0 Å². The van der Waals surface area contributed by atoms with E-state index in [9.17, 15) is 106 Å². The molecule has 0 spiro atoms. The zero-order chi connectivity index (χ0) is 35.5. The van der Waals surface area contributed by atoms with Gasteiger partial charge >= 0.3 is 77.1 Å². The quantitative estimate of drug-likeness (QED) is 0.122. The fourth-order valence-electron chi connectivity index (χ4n) is 2.88. The number of carbonyl (C=O) groups excluding carboxylic acids is 2. The molecule has 26 heteroatoms. The molecule has 0 aliphatic heterocycles. The molecule has 0 aromatic carbocycles. The molecule has 0 saturated heterocycles. The SMILES string of the molecule is CCOC(=O)C(C(=O)OCC)(C(F)(F)C(F)(F)F)C(F)(F)C(F)(F)C(F)(F)C(F)(F)C(F)(F)C(F)(F)C(F)(F)C(F)(F)F. The maximum absolute atomic E-state index is 14.9. The second kappa shape index (κ2) is 10.8. The third kappa shape index (κ3) is 4.96. The van der Waals surface area contributed by atoms with Gasteiger partial charge < -0.3 is 9.47 Å². The lowest BCUT2D eigenvalue weighted by Crippen LogP contribution is -2.79. The zero-order valence-corrected chi connectivity index (χ0v) is 19.9. The van der Waals surface area contributed by atoms with Crippen LogP contribution in [0.15, 0.2) is 0 Å². The summed E-state index contributed by atoms with van der Waals surface area (Å²) in [5.74, 6) is -81.0. The van der Waals surface area contributed by atoms with E-state index in [-0.39, 0.29) is 13.8 Å². The first-order valence-electron chi connectivity index (χ1n) is 9.97. The number of hydrogen-bond donors (Lipinski definition) is 0. The Labute approximate surface area is 221 Å². The van der Waals surface area contributed by atoms with E-state index in [1.54, 1.807) is 0 Å². The molecule has 0 aromatic rings. The van der Waals surface area contributed by atoms with Crippen LogP contribution in [0.25, 0.3) is 0 Å². The Morgan fingerprint density at radius 1 is 0.372 bits per heavy atom. The molecule has 0 aliphatic carbocycles. The van der Waals surface area contributed by atoms with Gasteiger partial charge in [-0.25, -0.2) is 0 Å². The van der Waals surface area contributed by atoms with Crippen LogP contribution in [0.1, 0.15) is 13.8 Å². The molecule has 0 aliphatic rings. The second-order valence-electron chi connectivity index (χ2n) is 7.78. The Kier molecular flexibility index (Phi) is 10.1. The van der Waals surface area contributed by atoms with Crippen LogP contribution in [0.3, 0.4) is 0 Å². The number of hydrogen-bond acceptors (Lipinski definition) is 4. The van der Waals surface area contributed by atoms with Gasteiger partial charge in [0.2, 0.25) is 0 Å². The monoisotopic (exact) mass is 696 g/mol. The number of esters is 2. The smallest absolute Gasteiger partial charge is 0.460 e. The molecule has 0 fully saturated rings. The summed E-state index contributed by atoms with van der Waals surface area (Å²) in [6, 6.07) is 0. The molecule has 0 N–H and O–H groups in total. The van der Waals surface area contributed by atoms with Crippen molar-refractivity contribution in [1.29, 1.82) is 0 Å². The summed E-state index contributed by atoms with van der Waals surface area (Å²) in [5, 5.41) is 0. The van der Waals surface area contributed by atoms with Crippen LogP contribution in [-0.4, -0.2) is 84.9 Å². The van der Waals surface area contributed by atoms with Gasteiger partial charge in [-0.15, -0.1) is 0 Å². The van der Waals surface area contributed by atoms with E-state index in [1.807, 2.05) is 0 Å². The largest absolute Gasteiger partial charge is 0.465 e. The molecule has 0 amide bonds. The highest BCUT2D eigenvalue weighted by Gasteiger charge is 3.00. The molecule has 0 saturated carbocycles. The van der Waals surface area contributed by atoms with Gasteiger partial charge in [-0.1, -0.05) is 0 Å². The predicted octanol–water partition coefficient (Wildman–Crippen LogP) is 7.31. The Bertz CT molecular complexity index is 1020. The third-order valence-corrected chi connectivity index (χ3v) is 5.18. The van der Waals surface area contributed by atoms with Gasteiger partial charge in [0.15, 0.2) is 0 Å². The lowest BCUT2D eigenvalue weighted by Gasteiger charge is -2.47. The van der Waals surface area contributed by atoms with Crippen LogP contribution in [-0.2, 0) is 19.1 Å².